The van der Waals surface area contributed by atoms with E-state index in [1.54, 1.807) is 0 Å². The summed E-state index contributed by atoms with van der Waals surface area (Å²) in [6.45, 7) is 0.518. The molecule has 0 N–H and O–H groups in total. The molecule has 0 radical (unpaired) electrons. The number of benzene rings is 3. The molecule has 0 fully saturated rings. The van der Waals surface area contributed by atoms with Crippen LogP contribution in [0.2, 0.25) is 0 Å². The zero-order valence-corrected chi connectivity index (χ0v) is 16.8. The molecule has 0 aromatic heterocycles. The van der Waals surface area contributed by atoms with Crippen molar-refractivity contribution in [3.8, 4) is 11.8 Å². The van der Waals surface area contributed by atoms with Gasteiger partial charge < -0.3 is 5.21 Å². The minimum atomic E-state index is 0.242. The Balaban J connectivity index is 1.58. The van der Waals surface area contributed by atoms with Crippen molar-refractivity contribution in [2.45, 2.75) is 25.2 Å². The van der Waals surface area contributed by atoms with E-state index in [9.17, 15) is 5.21 Å². The smallest absolute Gasteiger partial charge is 0.192 e. The van der Waals surface area contributed by atoms with Gasteiger partial charge in [-0.05, 0) is 41.7 Å². The summed E-state index contributed by atoms with van der Waals surface area (Å²) in [5.41, 5.74) is 7.78. The number of aryl methyl sites for hydroxylation is 1. The molecule has 2 heteroatoms. The first-order chi connectivity index (χ1) is 14.8. The average Bonchev–Trinajstić information content (AvgIpc) is 3.20. The van der Waals surface area contributed by atoms with Crippen LogP contribution in [-0.2, 0) is 6.42 Å². The number of allylic oxidation sites excluding steroid dienone is 2. The molecule has 2 aliphatic rings. The zero-order chi connectivity index (χ0) is 20.3. The second-order valence-corrected chi connectivity index (χ2v) is 7.95. The molecule has 1 aliphatic heterocycles. The molecule has 0 saturated carbocycles. The molecule has 146 valence electrons. The van der Waals surface area contributed by atoms with Crippen LogP contribution in [0, 0.1) is 17.0 Å². The van der Waals surface area contributed by atoms with Crippen LogP contribution in [0.3, 0.4) is 0 Å². The molecule has 0 spiro atoms. The van der Waals surface area contributed by atoms with Crippen molar-refractivity contribution in [1.29, 1.82) is 0 Å². The Labute approximate surface area is 177 Å². The van der Waals surface area contributed by atoms with E-state index in [1.807, 2.05) is 36.4 Å². The van der Waals surface area contributed by atoms with Gasteiger partial charge in [0, 0.05) is 23.1 Å². The summed E-state index contributed by atoms with van der Waals surface area (Å²) in [4.78, 5) is 0. The van der Waals surface area contributed by atoms with Crippen LogP contribution in [0.15, 0.2) is 90.5 Å². The van der Waals surface area contributed by atoms with Gasteiger partial charge in [-0.1, -0.05) is 84.6 Å². The highest BCUT2D eigenvalue weighted by atomic mass is 16.5. The normalized spacial score (nSPS) is 18.1. The lowest BCUT2D eigenvalue weighted by atomic mass is 9.82. The van der Waals surface area contributed by atoms with E-state index in [1.165, 1.54) is 21.4 Å². The number of nitrogens with zero attached hydrogens (tertiary/aromatic N) is 1. The van der Waals surface area contributed by atoms with E-state index in [-0.39, 0.29) is 5.92 Å². The van der Waals surface area contributed by atoms with E-state index in [0.29, 0.717) is 6.54 Å². The molecule has 2 nitrogen and oxygen atoms in total. The summed E-state index contributed by atoms with van der Waals surface area (Å²) in [6, 6.07) is 28.9. The molecule has 1 atom stereocenters. The SMILES string of the molecule is [O-][N+]1=C(C2=C(C#Cc3ccccc3)c3ccccc3CC2)CC(c2ccccc2)C1. The minimum Gasteiger partial charge on any atom is -0.624 e. The zero-order valence-electron chi connectivity index (χ0n) is 16.8. The maximum Gasteiger partial charge on any atom is 0.192 e. The van der Waals surface area contributed by atoms with E-state index in [2.05, 4.69) is 60.4 Å². The van der Waals surface area contributed by atoms with Crippen LogP contribution in [0.25, 0.3) is 5.57 Å². The highest BCUT2D eigenvalue weighted by Gasteiger charge is 2.34. The molecule has 0 bridgehead atoms. The molecule has 1 aliphatic carbocycles. The summed E-state index contributed by atoms with van der Waals surface area (Å²) in [6.07, 6.45) is 2.60. The van der Waals surface area contributed by atoms with Crippen LogP contribution in [0.5, 0.6) is 0 Å². The van der Waals surface area contributed by atoms with Gasteiger partial charge in [-0.25, -0.2) is 4.74 Å². The third-order valence-corrected chi connectivity index (χ3v) is 6.08. The van der Waals surface area contributed by atoms with Gasteiger partial charge in [0.1, 0.15) is 0 Å². The van der Waals surface area contributed by atoms with Gasteiger partial charge in [-0.15, -0.1) is 0 Å². The predicted octanol–water partition coefficient (Wildman–Crippen LogP) is 5.58. The average molecular weight is 389 g/mol. The first-order valence-corrected chi connectivity index (χ1v) is 10.5. The monoisotopic (exact) mass is 389 g/mol. The maximum atomic E-state index is 13.0. The number of fused-ring (bicyclic) bond motifs is 1. The van der Waals surface area contributed by atoms with Gasteiger partial charge in [0.15, 0.2) is 12.3 Å². The second-order valence-electron chi connectivity index (χ2n) is 7.95. The number of hydrogen-bond acceptors (Lipinski definition) is 1. The summed E-state index contributed by atoms with van der Waals surface area (Å²) in [5, 5.41) is 13.0. The van der Waals surface area contributed by atoms with Crippen molar-refractivity contribution < 1.29 is 4.74 Å². The summed E-state index contributed by atoms with van der Waals surface area (Å²) in [5.74, 6) is 7.01. The lowest BCUT2D eigenvalue weighted by Gasteiger charge is -2.20. The fourth-order valence-electron chi connectivity index (χ4n) is 4.55. The summed E-state index contributed by atoms with van der Waals surface area (Å²) < 4.78 is 1.21. The fraction of sp³-hybridized carbons (Fsp3) is 0.179. The molecule has 3 aromatic carbocycles. The van der Waals surface area contributed by atoms with Gasteiger partial charge in [0.05, 0.1) is 5.92 Å². The largest absolute Gasteiger partial charge is 0.624 e. The third-order valence-electron chi connectivity index (χ3n) is 6.08. The highest BCUT2D eigenvalue weighted by Crippen LogP contribution is 2.36. The molecule has 30 heavy (non-hydrogen) atoms. The van der Waals surface area contributed by atoms with Crippen molar-refractivity contribution in [3.05, 3.63) is 118 Å². The number of hydroxylamine groups is 1. The first-order valence-electron chi connectivity index (χ1n) is 10.5. The van der Waals surface area contributed by atoms with Gasteiger partial charge >= 0.3 is 0 Å². The Morgan fingerprint density at radius 3 is 2.27 bits per heavy atom. The molecular weight excluding hydrogens is 366 g/mol. The Kier molecular flexibility index (Phi) is 4.95. The first kappa shape index (κ1) is 18.5. The van der Waals surface area contributed by atoms with Crippen molar-refractivity contribution in [1.82, 2.24) is 0 Å². The summed E-state index contributed by atoms with van der Waals surface area (Å²) >= 11 is 0. The highest BCUT2D eigenvalue weighted by molar-refractivity contribution is 6.08. The van der Waals surface area contributed by atoms with Gasteiger partial charge in [0.25, 0.3) is 0 Å². The van der Waals surface area contributed by atoms with E-state index in [0.717, 1.165) is 41.7 Å². The van der Waals surface area contributed by atoms with Crippen molar-refractivity contribution >= 4 is 11.3 Å². The molecular formula is C28H23NO. The van der Waals surface area contributed by atoms with E-state index in [4.69, 9.17) is 0 Å². The molecule has 3 aromatic rings. The van der Waals surface area contributed by atoms with Crippen LogP contribution in [-0.4, -0.2) is 17.0 Å². The topological polar surface area (TPSA) is 26.1 Å². The fourth-order valence-corrected chi connectivity index (χ4v) is 4.55. The van der Waals surface area contributed by atoms with Crippen LogP contribution < -0.4 is 0 Å². The molecule has 0 amide bonds. The molecule has 0 saturated heterocycles. The number of hydrogen-bond donors (Lipinski definition) is 0. The van der Waals surface area contributed by atoms with Crippen LogP contribution >= 0.6 is 0 Å². The Morgan fingerprint density at radius 2 is 1.47 bits per heavy atom. The summed E-state index contributed by atoms with van der Waals surface area (Å²) in [7, 11) is 0. The Hall–Kier alpha value is -3.57. The quantitative estimate of drug-likeness (QED) is 0.319. The maximum absolute atomic E-state index is 13.0. The van der Waals surface area contributed by atoms with Gasteiger partial charge in [-0.2, -0.15) is 0 Å². The molecule has 5 rings (SSSR count). The van der Waals surface area contributed by atoms with Crippen molar-refractivity contribution in [2.24, 2.45) is 0 Å². The van der Waals surface area contributed by atoms with E-state index < -0.39 is 0 Å². The van der Waals surface area contributed by atoms with Crippen LogP contribution in [0.1, 0.15) is 41.0 Å². The number of rotatable bonds is 2. The van der Waals surface area contributed by atoms with E-state index >= 15 is 0 Å². The van der Waals surface area contributed by atoms with Crippen LogP contribution in [0.4, 0.5) is 0 Å². The lowest BCUT2D eigenvalue weighted by Crippen LogP contribution is -2.16. The molecule has 1 unspecified atom stereocenters. The van der Waals surface area contributed by atoms with Crippen molar-refractivity contribution in [3.63, 3.8) is 0 Å². The van der Waals surface area contributed by atoms with Crippen molar-refractivity contribution in [2.75, 3.05) is 6.54 Å². The minimum absolute atomic E-state index is 0.242. The Bertz CT molecular complexity index is 1190. The van der Waals surface area contributed by atoms with Gasteiger partial charge in [0.2, 0.25) is 0 Å². The lowest BCUT2D eigenvalue weighted by molar-refractivity contribution is -0.450. The third kappa shape index (κ3) is 3.55. The molecule has 1 heterocycles. The Morgan fingerprint density at radius 1 is 0.767 bits per heavy atom. The predicted molar refractivity (Wildman–Crippen MR) is 122 cm³/mol. The van der Waals surface area contributed by atoms with Gasteiger partial charge in [-0.3, -0.25) is 0 Å². The second kappa shape index (κ2) is 8.05. The standard InChI is InChI=1S/C28H23NO/c30-29-20-24(22-11-5-2-6-12-22)19-28(29)27-18-16-23-13-7-8-14-25(23)26(27)17-15-21-9-3-1-4-10-21/h1-14,24H,16,18-20H2.